The number of non-ortho nitro benzene ring substituents is 1. The first-order chi connectivity index (χ1) is 9.49. The topological polar surface area (TPSA) is 66.7 Å². The fourth-order valence-corrected chi connectivity index (χ4v) is 2.38. The van der Waals surface area contributed by atoms with Crippen molar-refractivity contribution >= 4 is 40.5 Å². The zero-order valence-corrected chi connectivity index (χ0v) is 12.0. The molecule has 0 N–H and O–H groups in total. The van der Waals surface area contributed by atoms with Crippen LogP contribution in [-0.2, 0) is 4.79 Å². The van der Waals surface area contributed by atoms with Crippen LogP contribution in [0.5, 0.6) is 0 Å². The zero-order chi connectivity index (χ0) is 14.7. The Morgan fingerprint density at radius 3 is 2.15 bits per heavy atom. The monoisotopic (exact) mass is 317 g/mol. The third-order valence-electron chi connectivity index (χ3n) is 3.20. The molecule has 0 saturated carbocycles. The van der Waals surface area contributed by atoms with E-state index in [9.17, 15) is 14.9 Å². The van der Waals surface area contributed by atoms with Crippen LogP contribution in [0, 0.1) is 10.1 Å². The lowest BCUT2D eigenvalue weighted by Gasteiger charge is -2.36. The molecule has 0 spiro atoms. The van der Waals surface area contributed by atoms with Crippen molar-refractivity contribution in [2.75, 3.05) is 31.1 Å². The number of anilines is 1. The van der Waals surface area contributed by atoms with Gasteiger partial charge in [-0.1, -0.05) is 23.2 Å². The lowest BCUT2D eigenvalue weighted by atomic mass is 10.2. The van der Waals surface area contributed by atoms with Gasteiger partial charge in [-0.05, 0) is 12.1 Å². The molecule has 0 aliphatic carbocycles. The van der Waals surface area contributed by atoms with Crippen LogP contribution < -0.4 is 4.90 Å². The normalized spacial score (nSPS) is 15.6. The fraction of sp³-hybridized carbons (Fsp3) is 0.417. The highest BCUT2D eigenvalue weighted by molar-refractivity contribution is 6.53. The first-order valence-corrected chi connectivity index (χ1v) is 6.92. The summed E-state index contributed by atoms with van der Waals surface area (Å²) in [6, 6.07) is 6.36. The molecule has 6 nitrogen and oxygen atoms in total. The van der Waals surface area contributed by atoms with E-state index in [0.29, 0.717) is 26.2 Å². The summed E-state index contributed by atoms with van der Waals surface area (Å²) in [5.41, 5.74) is 0.964. The predicted octanol–water partition coefficient (Wildman–Crippen LogP) is 2.05. The summed E-state index contributed by atoms with van der Waals surface area (Å²) in [5.74, 6) is -0.281. The first kappa shape index (κ1) is 14.9. The highest BCUT2D eigenvalue weighted by atomic mass is 35.5. The van der Waals surface area contributed by atoms with Crippen LogP contribution >= 0.6 is 23.2 Å². The Balaban J connectivity index is 1.97. The van der Waals surface area contributed by atoms with Gasteiger partial charge >= 0.3 is 0 Å². The first-order valence-electron chi connectivity index (χ1n) is 6.05. The predicted molar refractivity (Wildman–Crippen MR) is 77.4 cm³/mol. The Hall–Kier alpha value is -1.53. The van der Waals surface area contributed by atoms with Crippen LogP contribution in [-0.4, -0.2) is 46.7 Å². The standard InChI is InChI=1S/C12H13Cl2N3O3/c13-11(14)12(18)16-7-5-15(6-8-16)9-1-3-10(4-2-9)17(19)20/h1-4,11H,5-8H2. The average molecular weight is 318 g/mol. The molecule has 1 aliphatic rings. The van der Waals surface area contributed by atoms with Gasteiger partial charge in [-0.2, -0.15) is 0 Å². The van der Waals surface area contributed by atoms with Crippen LogP contribution in [0.2, 0.25) is 0 Å². The second-order valence-electron chi connectivity index (χ2n) is 4.39. The molecule has 2 rings (SSSR count). The van der Waals surface area contributed by atoms with E-state index in [4.69, 9.17) is 23.2 Å². The number of hydrogen-bond donors (Lipinski definition) is 0. The molecule has 0 bridgehead atoms. The Morgan fingerprint density at radius 1 is 1.15 bits per heavy atom. The summed E-state index contributed by atoms with van der Waals surface area (Å²) in [6.07, 6.45) is 0. The number of alkyl halides is 2. The fourth-order valence-electron chi connectivity index (χ4n) is 2.11. The van der Waals surface area contributed by atoms with Gasteiger partial charge in [-0.25, -0.2) is 0 Å². The molecule has 0 unspecified atom stereocenters. The van der Waals surface area contributed by atoms with Crippen LogP contribution in [0.1, 0.15) is 0 Å². The molecule has 1 aliphatic heterocycles. The molecule has 8 heteroatoms. The number of halogens is 2. The van der Waals surface area contributed by atoms with E-state index in [1.165, 1.54) is 12.1 Å². The Labute approximate surface area is 126 Å². The Kier molecular flexibility index (Phi) is 4.67. The van der Waals surface area contributed by atoms with E-state index in [1.54, 1.807) is 17.0 Å². The molecule has 1 amide bonds. The number of carbonyl (C=O) groups is 1. The largest absolute Gasteiger partial charge is 0.368 e. The highest BCUT2D eigenvalue weighted by Gasteiger charge is 2.25. The molecular weight excluding hydrogens is 305 g/mol. The third kappa shape index (κ3) is 3.32. The third-order valence-corrected chi connectivity index (χ3v) is 3.58. The number of rotatable bonds is 3. The molecule has 20 heavy (non-hydrogen) atoms. The van der Waals surface area contributed by atoms with Gasteiger partial charge in [0.1, 0.15) is 0 Å². The van der Waals surface area contributed by atoms with Crippen molar-refractivity contribution in [2.24, 2.45) is 0 Å². The molecule has 0 radical (unpaired) electrons. The maximum Gasteiger partial charge on any atom is 0.269 e. The van der Waals surface area contributed by atoms with Crippen molar-refractivity contribution in [3.05, 3.63) is 34.4 Å². The van der Waals surface area contributed by atoms with Gasteiger partial charge in [-0.3, -0.25) is 14.9 Å². The van der Waals surface area contributed by atoms with E-state index < -0.39 is 9.76 Å². The minimum absolute atomic E-state index is 0.0645. The smallest absolute Gasteiger partial charge is 0.269 e. The van der Waals surface area contributed by atoms with E-state index >= 15 is 0 Å². The Morgan fingerprint density at radius 2 is 1.70 bits per heavy atom. The summed E-state index contributed by atoms with van der Waals surface area (Å²) in [5, 5.41) is 10.6. The Bertz CT molecular complexity index is 499. The zero-order valence-electron chi connectivity index (χ0n) is 10.5. The second kappa shape index (κ2) is 6.28. The van der Waals surface area contributed by atoms with Gasteiger partial charge in [0, 0.05) is 44.0 Å². The molecular formula is C12H13Cl2N3O3. The number of carbonyl (C=O) groups excluding carboxylic acids is 1. The minimum Gasteiger partial charge on any atom is -0.368 e. The summed E-state index contributed by atoms with van der Waals surface area (Å²) in [7, 11) is 0. The maximum atomic E-state index is 11.6. The van der Waals surface area contributed by atoms with E-state index in [-0.39, 0.29) is 11.6 Å². The summed E-state index contributed by atoms with van der Waals surface area (Å²) in [6.45, 7) is 2.35. The molecule has 1 aromatic rings. The van der Waals surface area contributed by atoms with Crippen LogP contribution in [0.25, 0.3) is 0 Å². The highest BCUT2D eigenvalue weighted by Crippen LogP contribution is 2.21. The lowest BCUT2D eigenvalue weighted by Crippen LogP contribution is -2.50. The molecule has 0 aromatic heterocycles. The van der Waals surface area contributed by atoms with Crippen molar-refractivity contribution in [3.8, 4) is 0 Å². The van der Waals surface area contributed by atoms with Gasteiger partial charge in [0.25, 0.3) is 11.6 Å². The maximum absolute atomic E-state index is 11.6. The number of nitro benzene ring substituents is 1. The molecule has 108 valence electrons. The quantitative estimate of drug-likeness (QED) is 0.486. The van der Waals surface area contributed by atoms with Crippen molar-refractivity contribution < 1.29 is 9.72 Å². The molecule has 1 fully saturated rings. The van der Waals surface area contributed by atoms with Gasteiger partial charge in [0.05, 0.1) is 4.92 Å². The van der Waals surface area contributed by atoms with E-state index in [2.05, 4.69) is 4.90 Å². The van der Waals surface area contributed by atoms with Crippen molar-refractivity contribution in [2.45, 2.75) is 4.84 Å². The summed E-state index contributed by atoms with van der Waals surface area (Å²) in [4.78, 5) is 24.4. The van der Waals surface area contributed by atoms with Crippen LogP contribution in [0.4, 0.5) is 11.4 Å². The minimum atomic E-state index is -1.03. The van der Waals surface area contributed by atoms with Crippen molar-refractivity contribution in [1.82, 2.24) is 4.90 Å². The van der Waals surface area contributed by atoms with E-state index in [1.807, 2.05) is 0 Å². The molecule has 1 heterocycles. The summed E-state index contributed by atoms with van der Waals surface area (Å²) < 4.78 is 0. The van der Waals surface area contributed by atoms with Gasteiger partial charge in [0.15, 0.2) is 4.84 Å². The average Bonchev–Trinajstić information content (AvgIpc) is 2.46. The molecule has 1 saturated heterocycles. The second-order valence-corrected chi connectivity index (χ2v) is 5.48. The molecule has 1 aromatic carbocycles. The number of benzene rings is 1. The number of piperazine rings is 1. The lowest BCUT2D eigenvalue weighted by molar-refractivity contribution is -0.384. The van der Waals surface area contributed by atoms with Crippen molar-refractivity contribution in [3.63, 3.8) is 0 Å². The number of amides is 1. The number of hydrogen-bond acceptors (Lipinski definition) is 4. The number of nitrogens with zero attached hydrogens (tertiary/aromatic N) is 3. The van der Waals surface area contributed by atoms with E-state index in [0.717, 1.165) is 5.69 Å². The van der Waals surface area contributed by atoms with Crippen molar-refractivity contribution in [1.29, 1.82) is 0 Å². The van der Waals surface area contributed by atoms with Crippen LogP contribution in [0.3, 0.4) is 0 Å². The SMILES string of the molecule is O=C(C(Cl)Cl)N1CCN(c2ccc([N+](=O)[O-])cc2)CC1. The summed E-state index contributed by atoms with van der Waals surface area (Å²) >= 11 is 11.1. The van der Waals surface area contributed by atoms with Crippen LogP contribution in [0.15, 0.2) is 24.3 Å². The van der Waals surface area contributed by atoms with Gasteiger partial charge < -0.3 is 9.80 Å². The van der Waals surface area contributed by atoms with Gasteiger partial charge in [-0.15, -0.1) is 0 Å². The van der Waals surface area contributed by atoms with Gasteiger partial charge in [0.2, 0.25) is 0 Å². The number of nitro groups is 1. The molecule has 0 atom stereocenters.